The fraction of sp³-hybridized carbons (Fsp3) is 0.714. The first-order chi connectivity index (χ1) is 8.98. The zero-order valence-electron chi connectivity index (χ0n) is 11.7. The van der Waals surface area contributed by atoms with Gasteiger partial charge in [0.1, 0.15) is 15.9 Å². The molecule has 0 aromatic carbocycles. The average molecular weight is 303 g/mol. The molecule has 3 nitrogen and oxygen atoms in total. The predicted molar refractivity (Wildman–Crippen MR) is 77.7 cm³/mol. The molecule has 1 aromatic heterocycles. The molecule has 0 spiro atoms. The number of halogens is 2. The Hall–Kier alpha value is -0.380. The Kier molecular flexibility index (Phi) is 4.70. The van der Waals surface area contributed by atoms with Crippen LogP contribution in [0.15, 0.2) is 0 Å². The van der Waals surface area contributed by atoms with Gasteiger partial charge in [-0.05, 0) is 39.0 Å². The van der Waals surface area contributed by atoms with Crippen molar-refractivity contribution in [1.29, 1.82) is 0 Å². The van der Waals surface area contributed by atoms with Crippen molar-refractivity contribution in [2.45, 2.75) is 52.1 Å². The summed E-state index contributed by atoms with van der Waals surface area (Å²) >= 11 is 12.3. The zero-order valence-corrected chi connectivity index (χ0v) is 13.2. The third-order valence-electron chi connectivity index (χ3n) is 3.81. The molecule has 0 bridgehead atoms. The Balaban J connectivity index is 2.44. The first-order valence-electron chi connectivity index (χ1n) is 6.82. The van der Waals surface area contributed by atoms with E-state index in [2.05, 4.69) is 16.9 Å². The van der Waals surface area contributed by atoms with Crippen LogP contribution in [0.2, 0.25) is 10.3 Å². The van der Waals surface area contributed by atoms with Crippen LogP contribution in [0.1, 0.15) is 50.9 Å². The highest BCUT2D eigenvalue weighted by atomic mass is 35.5. The van der Waals surface area contributed by atoms with Crippen LogP contribution in [0.25, 0.3) is 0 Å². The summed E-state index contributed by atoms with van der Waals surface area (Å²) in [5.74, 6) is 1.24. The van der Waals surface area contributed by atoms with Crippen molar-refractivity contribution in [2.75, 3.05) is 6.61 Å². The van der Waals surface area contributed by atoms with E-state index >= 15 is 0 Å². The number of hydrogen-bond donors (Lipinski definition) is 0. The monoisotopic (exact) mass is 302 g/mol. The van der Waals surface area contributed by atoms with E-state index in [9.17, 15) is 0 Å². The molecule has 5 heteroatoms. The number of aromatic nitrogens is 2. The van der Waals surface area contributed by atoms with Crippen LogP contribution in [0.5, 0.6) is 0 Å². The first-order valence-corrected chi connectivity index (χ1v) is 7.58. The summed E-state index contributed by atoms with van der Waals surface area (Å²) in [6.07, 6.45) is 4.20. The smallest absolute Gasteiger partial charge is 0.163 e. The molecular weight excluding hydrogens is 283 g/mol. The molecule has 2 unspecified atom stereocenters. The highest BCUT2D eigenvalue weighted by molar-refractivity contribution is 6.34. The molecule has 1 fully saturated rings. The standard InChI is InChI=1S/C14H20Cl2N2O/c1-4-19-14(7-5-6-9(2)8-14)13-17-11(15)10(3)12(16)18-13/h9H,4-8H2,1-3H3. The summed E-state index contributed by atoms with van der Waals surface area (Å²) in [5, 5.41) is 0.847. The van der Waals surface area contributed by atoms with Crippen molar-refractivity contribution < 1.29 is 4.74 Å². The molecule has 1 saturated carbocycles. The molecule has 0 radical (unpaired) electrons. The third kappa shape index (κ3) is 3.04. The Labute approximate surface area is 124 Å². The molecule has 19 heavy (non-hydrogen) atoms. The van der Waals surface area contributed by atoms with Gasteiger partial charge in [0.2, 0.25) is 0 Å². The van der Waals surface area contributed by atoms with Crippen LogP contribution in [-0.2, 0) is 10.3 Å². The van der Waals surface area contributed by atoms with E-state index in [0.29, 0.717) is 28.7 Å². The van der Waals surface area contributed by atoms with E-state index in [1.807, 2.05) is 13.8 Å². The molecule has 0 saturated heterocycles. The summed E-state index contributed by atoms with van der Waals surface area (Å²) in [7, 11) is 0. The van der Waals surface area contributed by atoms with Crippen LogP contribution in [0.4, 0.5) is 0 Å². The van der Waals surface area contributed by atoms with Crippen LogP contribution in [0, 0.1) is 12.8 Å². The summed E-state index contributed by atoms with van der Waals surface area (Å²) < 4.78 is 6.03. The lowest BCUT2D eigenvalue weighted by atomic mass is 9.78. The van der Waals surface area contributed by atoms with Crippen LogP contribution in [-0.4, -0.2) is 16.6 Å². The highest BCUT2D eigenvalue weighted by Gasteiger charge is 2.40. The van der Waals surface area contributed by atoms with Crippen LogP contribution < -0.4 is 0 Å². The Morgan fingerprint density at radius 1 is 1.32 bits per heavy atom. The quantitative estimate of drug-likeness (QED) is 0.769. The van der Waals surface area contributed by atoms with Gasteiger partial charge in [0.05, 0.1) is 0 Å². The lowest BCUT2D eigenvalue weighted by molar-refractivity contribution is -0.0881. The molecule has 2 rings (SSSR count). The van der Waals surface area contributed by atoms with Crippen molar-refractivity contribution in [3.8, 4) is 0 Å². The highest BCUT2D eigenvalue weighted by Crippen LogP contribution is 2.42. The minimum absolute atomic E-state index is 0.423. The SMILES string of the molecule is CCOC1(c2nc(Cl)c(C)c(Cl)n2)CCCC(C)C1. The molecule has 106 valence electrons. The van der Waals surface area contributed by atoms with Crippen molar-refractivity contribution in [2.24, 2.45) is 5.92 Å². The topological polar surface area (TPSA) is 35.0 Å². The first kappa shape index (κ1) is 15.0. The summed E-state index contributed by atoms with van der Waals surface area (Å²) in [5.41, 5.74) is 0.301. The molecule has 2 atom stereocenters. The minimum atomic E-state index is -0.423. The van der Waals surface area contributed by atoms with Crippen molar-refractivity contribution in [1.82, 2.24) is 9.97 Å². The van der Waals surface area contributed by atoms with Crippen LogP contribution in [0.3, 0.4) is 0 Å². The van der Waals surface area contributed by atoms with Gasteiger partial charge in [-0.3, -0.25) is 0 Å². The van der Waals surface area contributed by atoms with Gasteiger partial charge >= 0.3 is 0 Å². The average Bonchev–Trinajstić information content (AvgIpc) is 2.35. The van der Waals surface area contributed by atoms with Crippen LogP contribution >= 0.6 is 23.2 Å². The Bertz CT molecular complexity index is 440. The Morgan fingerprint density at radius 2 is 1.95 bits per heavy atom. The largest absolute Gasteiger partial charge is 0.367 e. The normalized spacial score (nSPS) is 27.5. The zero-order chi connectivity index (χ0) is 14.0. The summed E-state index contributed by atoms with van der Waals surface area (Å²) in [6.45, 7) is 6.70. The lowest BCUT2D eigenvalue weighted by Gasteiger charge is -2.38. The second kappa shape index (κ2) is 5.94. The minimum Gasteiger partial charge on any atom is -0.367 e. The van der Waals surface area contributed by atoms with Gasteiger partial charge in [0, 0.05) is 12.2 Å². The molecule has 1 aliphatic rings. The maximum atomic E-state index is 6.15. The van der Waals surface area contributed by atoms with Gasteiger partial charge in [-0.1, -0.05) is 36.5 Å². The third-order valence-corrected chi connectivity index (χ3v) is 4.55. The van der Waals surface area contributed by atoms with Gasteiger partial charge in [-0.25, -0.2) is 9.97 Å². The van der Waals surface area contributed by atoms with E-state index in [1.54, 1.807) is 0 Å². The lowest BCUT2D eigenvalue weighted by Crippen LogP contribution is -2.37. The number of hydrogen-bond acceptors (Lipinski definition) is 3. The second-order valence-electron chi connectivity index (χ2n) is 5.38. The van der Waals surface area contributed by atoms with Crippen molar-refractivity contribution in [3.63, 3.8) is 0 Å². The molecule has 1 aromatic rings. The van der Waals surface area contributed by atoms with E-state index in [0.717, 1.165) is 24.8 Å². The maximum absolute atomic E-state index is 6.15. The van der Waals surface area contributed by atoms with E-state index in [-0.39, 0.29) is 0 Å². The molecule has 0 aliphatic heterocycles. The molecular formula is C14H20Cl2N2O. The second-order valence-corrected chi connectivity index (χ2v) is 6.10. The maximum Gasteiger partial charge on any atom is 0.163 e. The fourth-order valence-corrected chi connectivity index (χ4v) is 3.23. The summed E-state index contributed by atoms with van der Waals surface area (Å²) in [6, 6.07) is 0. The van der Waals surface area contributed by atoms with Gasteiger partial charge in [0.25, 0.3) is 0 Å². The number of rotatable bonds is 3. The molecule has 1 heterocycles. The van der Waals surface area contributed by atoms with E-state index < -0.39 is 5.60 Å². The van der Waals surface area contributed by atoms with Crippen molar-refractivity contribution >= 4 is 23.2 Å². The van der Waals surface area contributed by atoms with E-state index in [4.69, 9.17) is 27.9 Å². The van der Waals surface area contributed by atoms with Crippen molar-refractivity contribution in [3.05, 3.63) is 21.7 Å². The predicted octanol–water partition coefficient (Wildman–Crippen LogP) is 4.53. The van der Waals surface area contributed by atoms with Gasteiger partial charge in [-0.2, -0.15) is 0 Å². The van der Waals surface area contributed by atoms with E-state index in [1.165, 1.54) is 6.42 Å². The van der Waals surface area contributed by atoms with Gasteiger partial charge < -0.3 is 4.74 Å². The molecule has 1 aliphatic carbocycles. The summed E-state index contributed by atoms with van der Waals surface area (Å²) in [4.78, 5) is 8.85. The number of nitrogens with zero attached hydrogens (tertiary/aromatic N) is 2. The van der Waals surface area contributed by atoms with Gasteiger partial charge in [-0.15, -0.1) is 0 Å². The van der Waals surface area contributed by atoms with Gasteiger partial charge in [0.15, 0.2) is 5.82 Å². The Morgan fingerprint density at radius 3 is 2.47 bits per heavy atom. The molecule has 0 N–H and O–H groups in total. The molecule has 0 amide bonds. The number of ether oxygens (including phenoxy) is 1. The fourth-order valence-electron chi connectivity index (χ4n) is 2.85.